The topological polar surface area (TPSA) is 29.1 Å². The minimum atomic E-state index is -0.919. The van der Waals surface area contributed by atoms with Crippen molar-refractivity contribution in [2.75, 3.05) is 5.88 Å². The first-order chi connectivity index (χ1) is 7.54. The lowest BCUT2D eigenvalue weighted by molar-refractivity contribution is -0.124. The molecular weight excluding hydrogens is 236 g/mol. The van der Waals surface area contributed by atoms with Crippen LogP contribution < -0.4 is 5.32 Å². The van der Waals surface area contributed by atoms with Gasteiger partial charge in [-0.25, -0.2) is 8.78 Å². The van der Waals surface area contributed by atoms with E-state index >= 15 is 0 Å². The fourth-order valence-corrected chi connectivity index (χ4v) is 1.22. The van der Waals surface area contributed by atoms with Crippen molar-refractivity contribution in [1.82, 2.24) is 5.32 Å². The molecular formula is C11H12ClF2NO. The van der Waals surface area contributed by atoms with Gasteiger partial charge in [-0.2, -0.15) is 0 Å². The summed E-state index contributed by atoms with van der Waals surface area (Å²) in [7, 11) is 0. The number of carbonyl (C=O) groups excluding carboxylic acids is 1. The quantitative estimate of drug-likeness (QED) is 0.814. The standard InChI is InChI=1S/C11H12ClF2NO/c1-7(5-12)11(16)15-6-8-2-3-9(13)10(14)4-8/h2-4,7H,5-6H2,1H3,(H,15,16). The SMILES string of the molecule is CC(CCl)C(=O)NCc1ccc(F)c(F)c1. The Bertz CT molecular complexity index is 384. The minimum Gasteiger partial charge on any atom is -0.352 e. The van der Waals surface area contributed by atoms with E-state index in [0.29, 0.717) is 5.56 Å². The molecule has 1 atom stereocenters. The van der Waals surface area contributed by atoms with Crippen molar-refractivity contribution in [3.63, 3.8) is 0 Å². The van der Waals surface area contributed by atoms with Gasteiger partial charge in [0.2, 0.25) is 5.91 Å². The Morgan fingerprint density at radius 2 is 2.12 bits per heavy atom. The smallest absolute Gasteiger partial charge is 0.224 e. The fraction of sp³-hybridized carbons (Fsp3) is 0.364. The lowest BCUT2D eigenvalue weighted by atomic mass is 10.2. The van der Waals surface area contributed by atoms with Crippen molar-refractivity contribution in [2.24, 2.45) is 5.92 Å². The first-order valence-electron chi connectivity index (χ1n) is 4.82. The van der Waals surface area contributed by atoms with Crippen LogP contribution in [0.3, 0.4) is 0 Å². The van der Waals surface area contributed by atoms with E-state index < -0.39 is 11.6 Å². The Kier molecular flexibility index (Phi) is 4.68. The van der Waals surface area contributed by atoms with E-state index in [9.17, 15) is 13.6 Å². The summed E-state index contributed by atoms with van der Waals surface area (Å²) in [4.78, 5) is 11.3. The lowest BCUT2D eigenvalue weighted by Gasteiger charge is -2.09. The zero-order chi connectivity index (χ0) is 12.1. The highest BCUT2D eigenvalue weighted by Crippen LogP contribution is 2.08. The van der Waals surface area contributed by atoms with E-state index in [0.717, 1.165) is 12.1 Å². The van der Waals surface area contributed by atoms with Gasteiger partial charge >= 0.3 is 0 Å². The maximum Gasteiger partial charge on any atom is 0.224 e. The highest BCUT2D eigenvalue weighted by Gasteiger charge is 2.11. The third-order valence-corrected chi connectivity index (χ3v) is 2.59. The predicted octanol–water partition coefficient (Wildman–Crippen LogP) is 2.46. The van der Waals surface area contributed by atoms with Crippen LogP contribution in [0.25, 0.3) is 0 Å². The van der Waals surface area contributed by atoms with Crippen LogP contribution in [0.1, 0.15) is 12.5 Å². The molecule has 1 rings (SSSR count). The minimum absolute atomic E-state index is 0.164. The Morgan fingerprint density at radius 3 is 2.69 bits per heavy atom. The second-order valence-electron chi connectivity index (χ2n) is 3.52. The summed E-state index contributed by atoms with van der Waals surface area (Å²) in [5.74, 6) is -2.10. The second kappa shape index (κ2) is 5.80. The number of halogens is 3. The number of rotatable bonds is 4. The summed E-state index contributed by atoms with van der Waals surface area (Å²) >= 11 is 5.50. The first-order valence-corrected chi connectivity index (χ1v) is 5.35. The molecule has 88 valence electrons. The van der Waals surface area contributed by atoms with Crippen LogP contribution in [-0.2, 0) is 11.3 Å². The van der Waals surface area contributed by atoms with Crippen LogP contribution in [0.5, 0.6) is 0 Å². The molecule has 5 heteroatoms. The average Bonchev–Trinajstić information content (AvgIpc) is 2.29. The molecule has 1 aromatic carbocycles. The van der Waals surface area contributed by atoms with Crippen molar-refractivity contribution in [3.05, 3.63) is 35.4 Å². The van der Waals surface area contributed by atoms with Crippen molar-refractivity contribution < 1.29 is 13.6 Å². The van der Waals surface area contributed by atoms with Gasteiger partial charge in [0.1, 0.15) is 0 Å². The molecule has 0 spiro atoms. The maximum absolute atomic E-state index is 12.8. The number of alkyl halides is 1. The normalized spacial score (nSPS) is 12.2. The van der Waals surface area contributed by atoms with E-state index in [1.807, 2.05) is 0 Å². The maximum atomic E-state index is 12.8. The largest absolute Gasteiger partial charge is 0.352 e. The molecule has 1 unspecified atom stereocenters. The number of amides is 1. The molecule has 0 aliphatic carbocycles. The Morgan fingerprint density at radius 1 is 1.44 bits per heavy atom. The lowest BCUT2D eigenvalue weighted by Crippen LogP contribution is -2.29. The Balaban J connectivity index is 2.55. The molecule has 0 bridgehead atoms. The molecule has 0 saturated heterocycles. The van der Waals surface area contributed by atoms with Gasteiger partial charge in [0.15, 0.2) is 11.6 Å². The van der Waals surface area contributed by atoms with Crippen molar-refractivity contribution in [2.45, 2.75) is 13.5 Å². The second-order valence-corrected chi connectivity index (χ2v) is 3.83. The van der Waals surface area contributed by atoms with Crippen molar-refractivity contribution >= 4 is 17.5 Å². The van der Waals surface area contributed by atoms with E-state index in [4.69, 9.17) is 11.6 Å². The summed E-state index contributed by atoms with van der Waals surface area (Å²) in [6, 6.07) is 3.51. The summed E-state index contributed by atoms with van der Waals surface area (Å²) in [6.45, 7) is 1.85. The van der Waals surface area contributed by atoms with Gasteiger partial charge in [0.05, 0.1) is 0 Å². The summed E-state index contributed by atoms with van der Waals surface area (Å²) in [5.41, 5.74) is 0.508. The van der Waals surface area contributed by atoms with Gasteiger partial charge in [0, 0.05) is 18.3 Å². The predicted molar refractivity (Wildman–Crippen MR) is 58.1 cm³/mol. The molecule has 16 heavy (non-hydrogen) atoms. The molecule has 0 aliphatic heterocycles. The molecule has 1 N–H and O–H groups in total. The zero-order valence-electron chi connectivity index (χ0n) is 8.77. The third kappa shape index (κ3) is 3.45. The Labute approximate surface area is 97.6 Å². The van der Waals surface area contributed by atoms with Crippen LogP contribution in [0.2, 0.25) is 0 Å². The number of nitrogens with one attached hydrogen (secondary N) is 1. The van der Waals surface area contributed by atoms with Crippen LogP contribution in [-0.4, -0.2) is 11.8 Å². The summed E-state index contributed by atoms with van der Waals surface area (Å²) in [5, 5.41) is 2.58. The molecule has 1 amide bonds. The number of carbonyl (C=O) groups is 1. The van der Waals surface area contributed by atoms with Gasteiger partial charge in [-0.15, -0.1) is 11.6 Å². The fourth-order valence-electron chi connectivity index (χ4n) is 1.08. The highest BCUT2D eigenvalue weighted by atomic mass is 35.5. The monoisotopic (exact) mass is 247 g/mol. The number of benzene rings is 1. The molecule has 0 aliphatic rings. The molecule has 0 aromatic heterocycles. The number of hydrogen-bond donors (Lipinski definition) is 1. The van der Waals surface area contributed by atoms with Gasteiger partial charge in [-0.05, 0) is 17.7 Å². The summed E-state index contributed by atoms with van der Waals surface area (Å²) < 4.78 is 25.4. The summed E-state index contributed by atoms with van der Waals surface area (Å²) in [6.07, 6.45) is 0. The van der Waals surface area contributed by atoms with Crippen LogP contribution in [0.15, 0.2) is 18.2 Å². The zero-order valence-corrected chi connectivity index (χ0v) is 9.52. The molecule has 0 radical (unpaired) electrons. The Hall–Kier alpha value is -1.16. The molecule has 0 fully saturated rings. The van der Waals surface area contributed by atoms with E-state index in [1.165, 1.54) is 6.07 Å². The van der Waals surface area contributed by atoms with Crippen molar-refractivity contribution in [1.29, 1.82) is 0 Å². The van der Waals surface area contributed by atoms with E-state index in [2.05, 4.69) is 5.32 Å². The highest BCUT2D eigenvalue weighted by molar-refractivity contribution is 6.19. The third-order valence-electron chi connectivity index (χ3n) is 2.13. The molecule has 0 saturated carbocycles. The van der Waals surface area contributed by atoms with Gasteiger partial charge < -0.3 is 5.32 Å². The first kappa shape index (κ1) is 12.9. The van der Waals surface area contributed by atoms with Crippen LogP contribution in [0, 0.1) is 17.6 Å². The van der Waals surface area contributed by atoms with E-state index in [-0.39, 0.29) is 24.2 Å². The average molecular weight is 248 g/mol. The van der Waals surface area contributed by atoms with Crippen LogP contribution in [0.4, 0.5) is 8.78 Å². The molecule has 1 aromatic rings. The van der Waals surface area contributed by atoms with Crippen LogP contribution >= 0.6 is 11.6 Å². The van der Waals surface area contributed by atoms with Gasteiger partial charge in [-0.3, -0.25) is 4.79 Å². The van der Waals surface area contributed by atoms with E-state index in [1.54, 1.807) is 6.92 Å². The van der Waals surface area contributed by atoms with Gasteiger partial charge in [0.25, 0.3) is 0 Å². The number of hydrogen-bond acceptors (Lipinski definition) is 1. The molecule has 0 heterocycles. The van der Waals surface area contributed by atoms with Gasteiger partial charge in [-0.1, -0.05) is 13.0 Å². The molecule has 2 nitrogen and oxygen atoms in total. The van der Waals surface area contributed by atoms with Crippen molar-refractivity contribution in [3.8, 4) is 0 Å².